The molecular weight excluding hydrogens is 216 g/mol. The average molecular weight is 229 g/mol. The summed E-state index contributed by atoms with van der Waals surface area (Å²) in [5, 5.41) is 2.97. The quantitative estimate of drug-likeness (QED) is 0.859. The molecule has 1 heterocycles. The molecule has 0 atom stereocenters. The molecule has 0 saturated heterocycles. The van der Waals surface area contributed by atoms with Crippen molar-refractivity contribution < 1.29 is 9.53 Å². The first-order valence-electron chi connectivity index (χ1n) is 4.61. The summed E-state index contributed by atoms with van der Waals surface area (Å²) in [6.07, 6.45) is 1.58. The molecule has 0 saturated carbocycles. The molecule has 1 amide bonds. The smallest absolute Gasteiger partial charge is 0.251 e. The number of halogens is 1. The van der Waals surface area contributed by atoms with Gasteiger partial charge in [0.2, 0.25) is 0 Å². The van der Waals surface area contributed by atoms with Crippen LogP contribution in [-0.4, -0.2) is 23.6 Å². The highest BCUT2D eigenvalue weighted by Crippen LogP contribution is 2.16. The molecule has 0 spiro atoms. The Balaban J connectivity index is 2.48. The van der Waals surface area contributed by atoms with Crippen LogP contribution in [0.4, 0.5) is 5.82 Å². The van der Waals surface area contributed by atoms with Crippen molar-refractivity contribution in [3.8, 4) is 0 Å². The zero-order chi connectivity index (χ0) is 11.3. The lowest BCUT2D eigenvalue weighted by atomic mass is 10.4. The lowest BCUT2D eigenvalue weighted by Gasteiger charge is -2.08. The molecule has 5 heteroatoms. The third-order valence-corrected chi connectivity index (χ3v) is 1.87. The number of ether oxygens (including phenoxy) is 1. The number of nitrogens with zero attached hydrogens (tertiary/aromatic N) is 1. The Morgan fingerprint density at radius 1 is 1.67 bits per heavy atom. The van der Waals surface area contributed by atoms with Gasteiger partial charge in [-0.05, 0) is 26.0 Å². The van der Waals surface area contributed by atoms with E-state index >= 15 is 0 Å². The Hall–Kier alpha value is -1.13. The number of hydrogen-bond acceptors (Lipinski definition) is 3. The first-order valence-corrected chi connectivity index (χ1v) is 4.99. The first kappa shape index (κ1) is 11.9. The highest BCUT2D eigenvalue weighted by atomic mass is 35.5. The molecule has 0 radical (unpaired) electrons. The molecule has 0 bridgehead atoms. The predicted octanol–water partition coefficient (Wildman–Crippen LogP) is 2.10. The van der Waals surface area contributed by atoms with E-state index in [4.69, 9.17) is 16.3 Å². The van der Waals surface area contributed by atoms with E-state index in [-0.39, 0.29) is 18.6 Å². The summed E-state index contributed by atoms with van der Waals surface area (Å²) in [6.45, 7) is 3.73. The summed E-state index contributed by atoms with van der Waals surface area (Å²) < 4.78 is 5.13. The van der Waals surface area contributed by atoms with Crippen LogP contribution in [0, 0.1) is 0 Å². The van der Waals surface area contributed by atoms with E-state index < -0.39 is 0 Å². The minimum atomic E-state index is -0.260. The SMILES string of the molecule is CC(C)OCC(=O)Nc1ncccc1Cl. The molecular formula is C10H13ClN2O2. The van der Waals surface area contributed by atoms with Crippen molar-refractivity contribution in [1.82, 2.24) is 4.98 Å². The molecule has 0 aliphatic rings. The van der Waals surface area contributed by atoms with E-state index in [1.54, 1.807) is 18.3 Å². The molecule has 0 unspecified atom stereocenters. The number of carbonyl (C=O) groups is 1. The summed E-state index contributed by atoms with van der Waals surface area (Å²) in [7, 11) is 0. The van der Waals surface area contributed by atoms with Crippen LogP contribution in [0.25, 0.3) is 0 Å². The van der Waals surface area contributed by atoms with Crippen molar-refractivity contribution in [2.24, 2.45) is 0 Å². The number of amides is 1. The molecule has 15 heavy (non-hydrogen) atoms. The van der Waals surface area contributed by atoms with Gasteiger partial charge in [-0.2, -0.15) is 0 Å². The Morgan fingerprint density at radius 3 is 3.00 bits per heavy atom. The fourth-order valence-electron chi connectivity index (χ4n) is 0.888. The van der Waals surface area contributed by atoms with Gasteiger partial charge in [0.1, 0.15) is 6.61 Å². The molecule has 1 aromatic rings. The molecule has 0 aliphatic heterocycles. The largest absolute Gasteiger partial charge is 0.369 e. The molecule has 0 fully saturated rings. The van der Waals surface area contributed by atoms with Crippen molar-refractivity contribution in [3.05, 3.63) is 23.4 Å². The summed E-state index contributed by atoms with van der Waals surface area (Å²) in [5.41, 5.74) is 0. The summed E-state index contributed by atoms with van der Waals surface area (Å²) in [5.74, 6) is 0.0980. The Bertz CT molecular complexity index is 342. The Labute approximate surface area is 93.6 Å². The zero-order valence-corrected chi connectivity index (χ0v) is 9.41. The van der Waals surface area contributed by atoms with E-state index in [2.05, 4.69) is 10.3 Å². The summed E-state index contributed by atoms with van der Waals surface area (Å²) >= 11 is 5.81. The number of pyridine rings is 1. The second-order valence-corrected chi connectivity index (χ2v) is 3.65. The average Bonchev–Trinajstić information content (AvgIpc) is 2.18. The van der Waals surface area contributed by atoms with Crippen molar-refractivity contribution in [2.75, 3.05) is 11.9 Å². The van der Waals surface area contributed by atoms with Gasteiger partial charge in [-0.15, -0.1) is 0 Å². The zero-order valence-electron chi connectivity index (χ0n) is 8.66. The molecule has 4 nitrogen and oxygen atoms in total. The van der Waals surface area contributed by atoms with Gasteiger partial charge in [0.05, 0.1) is 11.1 Å². The van der Waals surface area contributed by atoms with Crippen LogP contribution in [0.5, 0.6) is 0 Å². The van der Waals surface area contributed by atoms with Gasteiger partial charge in [-0.1, -0.05) is 11.6 Å². The van der Waals surface area contributed by atoms with Crippen LogP contribution in [0.15, 0.2) is 18.3 Å². The number of carbonyl (C=O) groups excluding carboxylic acids is 1. The highest BCUT2D eigenvalue weighted by Gasteiger charge is 2.07. The van der Waals surface area contributed by atoms with Gasteiger partial charge >= 0.3 is 0 Å². The van der Waals surface area contributed by atoms with Gasteiger partial charge < -0.3 is 10.1 Å². The van der Waals surface area contributed by atoms with Crippen LogP contribution in [0.1, 0.15) is 13.8 Å². The standard InChI is InChI=1S/C10H13ClN2O2/c1-7(2)15-6-9(14)13-10-8(11)4-3-5-12-10/h3-5,7H,6H2,1-2H3,(H,12,13,14). The number of anilines is 1. The van der Waals surface area contributed by atoms with Crippen LogP contribution in [-0.2, 0) is 9.53 Å². The van der Waals surface area contributed by atoms with Gasteiger partial charge in [0.15, 0.2) is 5.82 Å². The maximum absolute atomic E-state index is 11.3. The van der Waals surface area contributed by atoms with Gasteiger partial charge in [0.25, 0.3) is 5.91 Å². The number of hydrogen-bond donors (Lipinski definition) is 1. The van der Waals surface area contributed by atoms with Crippen LogP contribution < -0.4 is 5.32 Å². The third kappa shape index (κ3) is 4.27. The fourth-order valence-corrected chi connectivity index (χ4v) is 1.06. The minimum absolute atomic E-state index is 0.00453. The normalized spacial score (nSPS) is 10.4. The molecule has 0 aliphatic carbocycles. The number of nitrogens with one attached hydrogen (secondary N) is 1. The van der Waals surface area contributed by atoms with Gasteiger partial charge in [-0.25, -0.2) is 4.98 Å². The van der Waals surface area contributed by atoms with E-state index in [0.29, 0.717) is 10.8 Å². The number of aromatic nitrogens is 1. The van der Waals surface area contributed by atoms with Crippen molar-refractivity contribution in [2.45, 2.75) is 20.0 Å². The second kappa shape index (κ2) is 5.68. The van der Waals surface area contributed by atoms with Crippen molar-refractivity contribution in [3.63, 3.8) is 0 Å². The van der Waals surface area contributed by atoms with Crippen LogP contribution in [0.3, 0.4) is 0 Å². The number of rotatable bonds is 4. The lowest BCUT2D eigenvalue weighted by molar-refractivity contribution is -0.121. The minimum Gasteiger partial charge on any atom is -0.369 e. The van der Waals surface area contributed by atoms with Crippen LogP contribution >= 0.6 is 11.6 Å². The maximum Gasteiger partial charge on any atom is 0.251 e. The monoisotopic (exact) mass is 228 g/mol. The fraction of sp³-hybridized carbons (Fsp3) is 0.400. The topological polar surface area (TPSA) is 51.2 Å². The highest BCUT2D eigenvalue weighted by molar-refractivity contribution is 6.33. The molecule has 1 rings (SSSR count). The molecule has 82 valence electrons. The molecule has 1 aromatic heterocycles. The predicted molar refractivity (Wildman–Crippen MR) is 59.0 cm³/mol. The van der Waals surface area contributed by atoms with E-state index in [0.717, 1.165) is 0 Å². The molecule has 1 N–H and O–H groups in total. The Kier molecular flexibility index (Phi) is 4.52. The molecule has 0 aromatic carbocycles. The summed E-state index contributed by atoms with van der Waals surface area (Å²) in [4.78, 5) is 15.3. The first-order chi connectivity index (χ1) is 7.09. The van der Waals surface area contributed by atoms with Crippen molar-refractivity contribution >= 4 is 23.3 Å². The maximum atomic E-state index is 11.3. The summed E-state index contributed by atoms with van der Waals surface area (Å²) in [6, 6.07) is 3.36. The van der Waals surface area contributed by atoms with E-state index in [1.807, 2.05) is 13.8 Å². The Morgan fingerprint density at radius 2 is 2.40 bits per heavy atom. The third-order valence-electron chi connectivity index (χ3n) is 1.56. The van der Waals surface area contributed by atoms with E-state index in [9.17, 15) is 4.79 Å². The van der Waals surface area contributed by atoms with Gasteiger partial charge in [-0.3, -0.25) is 4.79 Å². The van der Waals surface area contributed by atoms with Gasteiger partial charge in [0, 0.05) is 6.20 Å². The second-order valence-electron chi connectivity index (χ2n) is 3.24. The lowest BCUT2D eigenvalue weighted by Crippen LogP contribution is -2.21. The van der Waals surface area contributed by atoms with Crippen LogP contribution in [0.2, 0.25) is 5.02 Å². The van der Waals surface area contributed by atoms with E-state index in [1.165, 1.54) is 0 Å². The van der Waals surface area contributed by atoms with Crippen molar-refractivity contribution in [1.29, 1.82) is 0 Å².